The molecule has 2 N–H and O–H groups in total. The summed E-state index contributed by atoms with van der Waals surface area (Å²) in [6.07, 6.45) is 4.44. The number of rotatable bonds is 2. The molecule has 0 aromatic heterocycles. The number of nitrogens with one attached hydrogen (secondary N) is 1. The van der Waals surface area contributed by atoms with Gasteiger partial charge in [-0.25, -0.2) is 4.79 Å². The molecule has 21 heavy (non-hydrogen) atoms. The molecule has 0 aromatic carbocycles. The summed E-state index contributed by atoms with van der Waals surface area (Å²) in [6.45, 7) is 5.75. The van der Waals surface area contributed by atoms with Crippen LogP contribution in [0.5, 0.6) is 0 Å². The predicted octanol–water partition coefficient (Wildman–Crippen LogP) is 2.56. The fourth-order valence-electron chi connectivity index (χ4n) is 3.37. The van der Waals surface area contributed by atoms with Crippen molar-refractivity contribution in [3.8, 4) is 0 Å². The van der Waals surface area contributed by atoms with E-state index >= 15 is 0 Å². The number of hydrogen-bond acceptors (Lipinski definition) is 3. The molecule has 1 aliphatic heterocycles. The van der Waals surface area contributed by atoms with Crippen LogP contribution in [0.1, 0.15) is 46.0 Å². The van der Waals surface area contributed by atoms with Gasteiger partial charge in [-0.05, 0) is 12.8 Å². The summed E-state index contributed by atoms with van der Waals surface area (Å²) in [5, 5.41) is 13.2. The topological polar surface area (TPSA) is 69.6 Å². The zero-order valence-electron chi connectivity index (χ0n) is 12.9. The van der Waals surface area contributed by atoms with Crippen LogP contribution in [0.15, 0.2) is 0 Å². The summed E-state index contributed by atoms with van der Waals surface area (Å²) in [5.41, 5.74) is 0. The lowest BCUT2D eigenvalue weighted by atomic mass is 9.95. The van der Waals surface area contributed by atoms with Crippen LogP contribution in [0.25, 0.3) is 0 Å². The van der Waals surface area contributed by atoms with Crippen molar-refractivity contribution in [2.24, 2.45) is 5.92 Å². The first-order chi connectivity index (χ1) is 9.97. The summed E-state index contributed by atoms with van der Waals surface area (Å²) in [4.78, 5) is 25.7. The highest BCUT2D eigenvalue weighted by molar-refractivity contribution is 8.00. The highest BCUT2D eigenvalue weighted by atomic mass is 32.2. The van der Waals surface area contributed by atoms with E-state index < -0.39 is 11.9 Å². The van der Waals surface area contributed by atoms with E-state index in [2.05, 4.69) is 19.2 Å². The first-order valence-corrected chi connectivity index (χ1v) is 8.85. The molecule has 4 atom stereocenters. The lowest BCUT2D eigenvalue weighted by Crippen LogP contribution is -2.53. The Hall–Kier alpha value is -0.910. The number of aliphatic carboxylic acids is 1. The second-order valence-corrected chi connectivity index (χ2v) is 8.18. The van der Waals surface area contributed by atoms with E-state index in [1.54, 1.807) is 0 Å². The Bertz CT molecular complexity index is 381. The van der Waals surface area contributed by atoms with E-state index in [0.29, 0.717) is 16.9 Å². The van der Waals surface area contributed by atoms with Crippen LogP contribution in [0.4, 0.5) is 4.79 Å². The normalized spacial score (nSPS) is 34.1. The molecule has 120 valence electrons. The second-order valence-electron chi connectivity index (χ2n) is 6.30. The molecule has 1 saturated heterocycles. The van der Waals surface area contributed by atoms with Crippen LogP contribution < -0.4 is 5.32 Å². The molecule has 0 bridgehead atoms. The zero-order valence-corrected chi connectivity index (χ0v) is 13.7. The fraction of sp³-hybridized carbons (Fsp3) is 0.867. The van der Waals surface area contributed by atoms with Crippen molar-refractivity contribution >= 4 is 23.8 Å². The Kier molecular flexibility index (Phi) is 5.79. The maximum Gasteiger partial charge on any atom is 0.317 e. The minimum absolute atomic E-state index is 0.0906. The number of urea groups is 1. The molecule has 4 unspecified atom stereocenters. The van der Waals surface area contributed by atoms with Crippen LogP contribution in [0.2, 0.25) is 0 Å². The first-order valence-electron chi connectivity index (χ1n) is 7.91. The maximum atomic E-state index is 12.5. The van der Waals surface area contributed by atoms with Crippen molar-refractivity contribution in [3.05, 3.63) is 0 Å². The number of carbonyl (C=O) groups excluding carboxylic acids is 1. The van der Waals surface area contributed by atoms with E-state index in [1.165, 1.54) is 0 Å². The number of carboxylic acids is 1. The number of nitrogens with zero attached hydrogens (tertiary/aromatic N) is 1. The van der Waals surface area contributed by atoms with Crippen molar-refractivity contribution in [1.29, 1.82) is 0 Å². The van der Waals surface area contributed by atoms with Gasteiger partial charge in [0.25, 0.3) is 0 Å². The Morgan fingerprint density at radius 1 is 1.10 bits per heavy atom. The van der Waals surface area contributed by atoms with Gasteiger partial charge in [0, 0.05) is 29.6 Å². The van der Waals surface area contributed by atoms with Crippen LogP contribution in [-0.4, -0.2) is 51.6 Å². The van der Waals surface area contributed by atoms with Crippen molar-refractivity contribution in [2.75, 3.05) is 13.1 Å². The lowest BCUT2D eigenvalue weighted by Gasteiger charge is -2.36. The van der Waals surface area contributed by atoms with Gasteiger partial charge < -0.3 is 15.3 Å². The van der Waals surface area contributed by atoms with Gasteiger partial charge >= 0.3 is 12.0 Å². The lowest BCUT2D eigenvalue weighted by molar-refractivity contribution is -0.142. The molecule has 5 nitrogen and oxygen atoms in total. The van der Waals surface area contributed by atoms with Crippen molar-refractivity contribution in [2.45, 2.75) is 62.5 Å². The molecule has 2 fully saturated rings. The SMILES string of the molecule is CC1CN(C(=O)NC2CCCCCC2C(=O)O)CC(C)S1. The fourth-order valence-corrected chi connectivity index (χ4v) is 4.69. The van der Waals surface area contributed by atoms with Crippen LogP contribution in [-0.2, 0) is 4.79 Å². The van der Waals surface area contributed by atoms with Crippen LogP contribution in [0, 0.1) is 5.92 Å². The smallest absolute Gasteiger partial charge is 0.317 e. The Morgan fingerprint density at radius 3 is 2.33 bits per heavy atom. The van der Waals surface area contributed by atoms with E-state index in [-0.39, 0.29) is 12.1 Å². The average Bonchev–Trinajstić information content (AvgIpc) is 2.63. The van der Waals surface area contributed by atoms with Gasteiger partial charge in [0.2, 0.25) is 0 Å². The Labute approximate surface area is 130 Å². The van der Waals surface area contributed by atoms with Gasteiger partial charge in [0.1, 0.15) is 0 Å². The number of hydrogen-bond donors (Lipinski definition) is 2. The maximum absolute atomic E-state index is 12.5. The van der Waals surface area contributed by atoms with Crippen LogP contribution in [0.3, 0.4) is 0 Å². The monoisotopic (exact) mass is 314 g/mol. The first kappa shape index (κ1) is 16.5. The molecule has 2 rings (SSSR count). The van der Waals surface area contributed by atoms with E-state index in [9.17, 15) is 14.7 Å². The zero-order chi connectivity index (χ0) is 15.4. The Morgan fingerprint density at radius 2 is 1.71 bits per heavy atom. The van der Waals surface area contributed by atoms with Crippen molar-refractivity contribution in [3.63, 3.8) is 0 Å². The number of carboxylic acid groups (broad SMARTS) is 1. The summed E-state index contributed by atoms with van der Waals surface area (Å²) >= 11 is 1.90. The third-order valence-corrected chi connectivity index (χ3v) is 5.58. The van der Waals surface area contributed by atoms with Gasteiger partial charge in [0.05, 0.1) is 5.92 Å². The quantitative estimate of drug-likeness (QED) is 0.769. The van der Waals surface area contributed by atoms with Gasteiger partial charge in [-0.15, -0.1) is 0 Å². The molecule has 2 amide bonds. The number of carbonyl (C=O) groups is 2. The molecule has 6 heteroatoms. The molecule has 2 aliphatic rings. The van der Waals surface area contributed by atoms with Gasteiger partial charge in [-0.3, -0.25) is 4.79 Å². The van der Waals surface area contributed by atoms with Gasteiger partial charge in [-0.2, -0.15) is 11.8 Å². The summed E-state index contributed by atoms with van der Waals surface area (Å²) in [7, 11) is 0. The third-order valence-electron chi connectivity index (χ3n) is 4.35. The molecule has 0 radical (unpaired) electrons. The number of amides is 2. The highest BCUT2D eigenvalue weighted by Crippen LogP contribution is 2.26. The van der Waals surface area contributed by atoms with Crippen molar-refractivity contribution < 1.29 is 14.7 Å². The second kappa shape index (κ2) is 7.38. The summed E-state index contributed by atoms with van der Waals surface area (Å²) in [6, 6.07) is -0.315. The van der Waals surface area contributed by atoms with Gasteiger partial charge in [-0.1, -0.05) is 33.1 Å². The summed E-state index contributed by atoms with van der Waals surface area (Å²) in [5.74, 6) is -1.22. The summed E-state index contributed by atoms with van der Waals surface area (Å²) < 4.78 is 0. The average molecular weight is 314 g/mol. The van der Waals surface area contributed by atoms with Gasteiger partial charge in [0.15, 0.2) is 0 Å². The Balaban J connectivity index is 1.97. The van der Waals surface area contributed by atoms with E-state index in [1.807, 2.05) is 16.7 Å². The molecular weight excluding hydrogens is 288 g/mol. The predicted molar refractivity (Wildman–Crippen MR) is 84.6 cm³/mol. The standard InChI is InChI=1S/C15H26N2O3S/c1-10-8-17(9-11(2)21-10)15(20)16-13-7-5-3-4-6-12(13)14(18)19/h10-13H,3-9H2,1-2H3,(H,16,20)(H,18,19). The van der Waals surface area contributed by atoms with Crippen LogP contribution >= 0.6 is 11.8 Å². The van der Waals surface area contributed by atoms with Crippen molar-refractivity contribution in [1.82, 2.24) is 10.2 Å². The number of thioether (sulfide) groups is 1. The molecule has 1 aliphatic carbocycles. The highest BCUT2D eigenvalue weighted by Gasteiger charge is 2.33. The third kappa shape index (κ3) is 4.53. The van der Waals surface area contributed by atoms with E-state index in [0.717, 1.165) is 38.8 Å². The molecule has 0 aromatic rings. The minimum atomic E-state index is -0.780. The minimum Gasteiger partial charge on any atom is -0.481 e. The molecule has 1 heterocycles. The molecule has 1 saturated carbocycles. The van der Waals surface area contributed by atoms with E-state index in [4.69, 9.17) is 0 Å². The molecule has 0 spiro atoms. The molecular formula is C15H26N2O3S. The largest absolute Gasteiger partial charge is 0.481 e.